The number of aromatic nitrogens is 2. The molecule has 1 aromatic heterocycles. The van der Waals surface area contributed by atoms with Crippen LogP contribution in [0, 0.1) is 0 Å². The minimum Gasteiger partial charge on any atom is -0.347 e. The van der Waals surface area contributed by atoms with Crippen molar-refractivity contribution in [2.45, 2.75) is 45.2 Å². The highest BCUT2D eigenvalue weighted by atomic mass is 15.2. The van der Waals surface area contributed by atoms with E-state index in [0.717, 1.165) is 19.6 Å². The molecule has 1 aliphatic rings. The van der Waals surface area contributed by atoms with Gasteiger partial charge in [-0.2, -0.15) is 0 Å². The molecule has 1 atom stereocenters. The van der Waals surface area contributed by atoms with E-state index in [2.05, 4.69) is 27.1 Å². The lowest BCUT2D eigenvalue weighted by Crippen LogP contribution is -2.43. The number of imidazole rings is 1. The first kappa shape index (κ1) is 12.6. The van der Waals surface area contributed by atoms with Crippen molar-refractivity contribution in [1.82, 2.24) is 20.2 Å². The van der Waals surface area contributed by atoms with Crippen LogP contribution in [0.25, 0.3) is 0 Å². The molecule has 0 radical (unpaired) electrons. The lowest BCUT2D eigenvalue weighted by atomic mass is 10.0. The van der Waals surface area contributed by atoms with Gasteiger partial charge in [-0.1, -0.05) is 13.3 Å². The Bertz CT molecular complexity index is 290. The SMILES string of the molecule is CCCN(Cc1cnc[nH]1)CC1CCCCN1. The number of nitrogens with zero attached hydrogens (tertiary/aromatic N) is 2. The normalized spacial score (nSPS) is 20.9. The molecule has 0 saturated carbocycles. The van der Waals surface area contributed by atoms with Crippen LogP contribution in [0.1, 0.15) is 38.3 Å². The number of hydrogen-bond donors (Lipinski definition) is 2. The quantitative estimate of drug-likeness (QED) is 0.791. The molecule has 1 aromatic rings. The fourth-order valence-electron chi connectivity index (χ4n) is 2.55. The van der Waals surface area contributed by atoms with Gasteiger partial charge in [0.1, 0.15) is 0 Å². The highest BCUT2D eigenvalue weighted by molar-refractivity contribution is 4.94. The standard InChI is InChI=1S/C13H24N4/c1-2-7-17(10-13-8-14-11-16-13)9-12-5-3-4-6-15-12/h8,11-12,15H,2-7,9-10H2,1H3,(H,14,16). The molecule has 0 aromatic carbocycles. The average Bonchev–Trinajstić information content (AvgIpc) is 2.83. The molecule has 17 heavy (non-hydrogen) atoms. The van der Waals surface area contributed by atoms with Crippen LogP contribution in [-0.2, 0) is 6.54 Å². The van der Waals surface area contributed by atoms with Gasteiger partial charge >= 0.3 is 0 Å². The summed E-state index contributed by atoms with van der Waals surface area (Å²) in [6.45, 7) is 6.75. The van der Waals surface area contributed by atoms with E-state index in [9.17, 15) is 0 Å². The Morgan fingerprint density at radius 3 is 3.06 bits per heavy atom. The Morgan fingerprint density at radius 2 is 2.41 bits per heavy atom. The van der Waals surface area contributed by atoms with Crippen molar-refractivity contribution in [1.29, 1.82) is 0 Å². The molecule has 0 aliphatic carbocycles. The predicted octanol–water partition coefficient (Wildman–Crippen LogP) is 1.76. The smallest absolute Gasteiger partial charge is 0.0922 e. The van der Waals surface area contributed by atoms with Crippen molar-refractivity contribution in [3.63, 3.8) is 0 Å². The summed E-state index contributed by atoms with van der Waals surface area (Å²) in [7, 11) is 0. The van der Waals surface area contributed by atoms with Crippen molar-refractivity contribution < 1.29 is 0 Å². The third kappa shape index (κ3) is 4.13. The number of rotatable bonds is 6. The molecule has 4 nitrogen and oxygen atoms in total. The molecule has 4 heteroatoms. The Kier molecular flexibility index (Phi) is 5.01. The van der Waals surface area contributed by atoms with E-state index >= 15 is 0 Å². The molecule has 0 bridgehead atoms. The third-order valence-corrected chi connectivity index (χ3v) is 3.38. The second-order valence-electron chi connectivity index (χ2n) is 4.96. The van der Waals surface area contributed by atoms with Gasteiger partial charge < -0.3 is 10.3 Å². The van der Waals surface area contributed by atoms with Crippen LogP contribution in [-0.4, -0.2) is 40.5 Å². The maximum Gasteiger partial charge on any atom is 0.0922 e. The van der Waals surface area contributed by atoms with E-state index in [1.807, 2.05) is 6.20 Å². The minimum atomic E-state index is 0.679. The summed E-state index contributed by atoms with van der Waals surface area (Å²) in [5.74, 6) is 0. The second kappa shape index (κ2) is 6.77. The van der Waals surface area contributed by atoms with Crippen molar-refractivity contribution >= 4 is 0 Å². The van der Waals surface area contributed by atoms with Gasteiger partial charge in [0.05, 0.1) is 6.33 Å². The zero-order valence-corrected chi connectivity index (χ0v) is 10.8. The van der Waals surface area contributed by atoms with Crippen LogP contribution >= 0.6 is 0 Å². The fourth-order valence-corrected chi connectivity index (χ4v) is 2.55. The summed E-state index contributed by atoms with van der Waals surface area (Å²) in [6, 6.07) is 0.679. The third-order valence-electron chi connectivity index (χ3n) is 3.38. The van der Waals surface area contributed by atoms with Crippen LogP contribution in [0.2, 0.25) is 0 Å². The van der Waals surface area contributed by atoms with Crippen molar-refractivity contribution in [2.75, 3.05) is 19.6 Å². The summed E-state index contributed by atoms with van der Waals surface area (Å²) in [4.78, 5) is 9.80. The Balaban J connectivity index is 1.83. The van der Waals surface area contributed by atoms with E-state index in [1.54, 1.807) is 6.33 Å². The monoisotopic (exact) mass is 236 g/mol. The van der Waals surface area contributed by atoms with Gasteiger partial charge in [-0.15, -0.1) is 0 Å². The van der Waals surface area contributed by atoms with Crippen molar-refractivity contribution in [3.05, 3.63) is 18.2 Å². The summed E-state index contributed by atoms with van der Waals surface area (Å²) < 4.78 is 0. The zero-order chi connectivity index (χ0) is 11.9. The molecule has 1 saturated heterocycles. The van der Waals surface area contributed by atoms with Crippen molar-refractivity contribution in [3.8, 4) is 0 Å². The topological polar surface area (TPSA) is 44.0 Å². The van der Waals surface area contributed by atoms with Gasteiger partial charge in [0.25, 0.3) is 0 Å². The second-order valence-corrected chi connectivity index (χ2v) is 4.96. The first-order valence-electron chi connectivity index (χ1n) is 6.81. The zero-order valence-electron chi connectivity index (χ0n) is 10.8. The Labute approximate surface area is 104 Å². The first-order valence-corrected chi connectivity index (χ1v) is 6.81. The number of piperidine rings is 1. The fraction of sp³-hybridized carbons (Fsp3) is 0.769. The highest BCUT2D eigenvalue weighted by Gasteiger charge is 2.16. The predicted molar refractivity (Wildman–Crippen MR) is 69.8 cm³/mol. The maximum atomic E-state index is 4.08. The number of H-pyrrole nitrogens is 1. The van der Waals surface area contributed by atoms with Gasteiger partial charge in [-0.25, -0.2) is 4.98 Å². The van der Waals surface area contributed by atoms with Crippen LogP contribution in [0.3, 0.4) is 0 Å². The van der Waals surface area contributed by atoms with Crippen LogP contribution < -0.4 is 5.32 Å². The first-order chi connectivity index (χ1) is 8.38. The van der Waals surface area contributed by atoms with Crippen LogP contribution in [0.15, 0.2) is 12.5 Å². The lowest BCUT2D eigenvalue weighted by Gasteiger charge is -2.30. The van der Waals surface area contributed by atoms with Gasteiger partial charge in [-0.05, 0) is 32.4 Å². The van der Waals surface area contributed by atoms with Gasteiger partial charge in [0.2, 0.25) is 0 Å². The summed E-state index contributed by atoms with van der Waals surface area (Å²) >= 11 is 0. The molecule has 0 amide bonds. The van der Waals surface area contributed by atoms with Crippen LogP contribution in [0.4, 0.5) is 0 Å². The lowest BCUT2D eigenvalue weighted by molar-refractivity contribution is 0.215. The summed E-state index contributed by atoms with van der Waals surface area (Å²) in [6.07, 6.45) is 8.94. The van der Waals surface area contributed by atoms with E-state index in [1.165, 1.54) is 37.9 Å². The van der Waals surface area contributed by atoms with Crippen LogP contribution in [0.5, 0.6) is 0 Å². The number of nitrogens with one attached hydrogen (secondary N) is 2. The molecule has 1 fully saturated rings. The molecule has 1 unspecified atom stereocenters. The minimum absolute atomic E-state index is 0.679. The number of aromatic amines is 1. The average molecular weight is 236 g/mol. The number of hydrogen-bond acceptors (Lipinski definition) is 3. The Hall–Kier alpha value is -0.870. The summed E-state index contributed by atoms with van der Waals surface area (Å²) in [5.41, 5.74) is 1.22. The van der Waals surface area contributed by atoms with Gasteiger partial charge in [-0.3, -0.25) is 4.90 Å². The van der Waals surface area contributed by atoms with E-state index < -0.39 is 0 Å². The van der Waals surface area contributed by atoms with E-state index in [-0.39, 0.29) is 0 Å². The molecular weight excluding hydrogens is 212 g/mol. The van der Waals surface area contributed by atoms with Gasteiger partial charge in [0.15, 0.2) is 0 Å². The maximum absolute atomic E-state index is 4.08. The molecule has 1 aliphatic heterocycles. The van der Waals surface area contributed by atoms with Gasteiger partial charge in [0, 0.05) is 31.0 Å². The Morgan fingerprint density at radius 1 is 1.47 bits per heavy atom. The largest absolute Gasteiger partial charge is 0.347 e. The molecular formula is C13H24N4. The molecule has 2 N–H and O–H groups in total. The van der Waals surface area contributed by atoms with Crippen molar-refractivity contribution in [2.24, 2.45) is 0 Å². The molecule has 96 valence electrons. The summed E-state index contributed by atoms with van der Waals surface area (Å²) in [5, 5.41) is 3.62. The highest BCUT2D eigenvalue weighted by Crippen LogP contribution is 2.10. The van der Waals surface area contributed by atoms with E-state index in [0.29, 0.717) is 6.04 Å². The molecule has 0 spiro atoms. The molecule has 2 heterocycles. The van der Waals surface area contributed by atoms with E-state index in [4.69, 9.17) is 0 Å². The molecule has 2 rings (SSSR count).